The van der Waals surface area contributed by atoms with Crippen molar-refractivity contribution in [2.24, 2.45) is 5.92 Å². The number of hydrogen-bond donors (Lipinski definition) is 0. The maximum atomic E-state index is 5.99. The Kier molecular flexibility index (Phi) is 4.21. The van der Waals surface area contributed by atoms with E-state index in [0.717, 1.165) is 6.42 Å². The molecule has 1 nitrogen and oxygen atoms in total. The topological polar surface area (TPSA) is 9.23 Å². The maximum absolute atomic E-state index is 5.99. The summed E-state index contributed by atoms with van der Waals surface area (Å²) in [6.07, 6.45) is 6.45. The molecule has 2 heteroatoms. The summed E-state index contributed by atoms with van der Waals surface area (Å²) in [4.78, 5) is 0. The minimum Gasteiger partial charge on any atom is -0.402 e. The van der Waals surface area contributed by atoms with Crippen LogP contribution >= 0.6 is 0 Å². The zero-order chi connectivity index (χ0) is 10.7. The minimum absolute atomic E-state index is 0.362. The van der Waals surface area contributed by atoms with Gasteiger partial charge in [-0.05, 0) is 38.9 Å². The Morgan fingerprint density at radius 2 is 1.85 bits per heavy atom. The summed E-state index contributed by atoms with van der Waals surface area (Å²) in [7, 11) is -1.52. The molecule has 0 unspecified atom stereocenters. The van der Waals surface area contributed by atoms with Crippen LogP contribution in [0.15, 0.2) is 0 Å². The van der Waals surface area contributed by atoms with E-state index in [2.05, 4.69) is 39.4 Å². The summed E-state index contributed by atoms with van der Waals surface area (Å²) in [6.45, 7) is 12.9. The fraction of sp³-hybridized carbons (Fsp3) is 0.818. The first kappa shape index (κ1) is 12.7. The van der Waals surface area contributed by atoms with Gasteiger partial charge in [-0.2, -0.15) is 0 Å². The van der Waals surface area contributed by atoms with Crippen LogP contribution in [0.5, 0.6) is 0 Å². The highest BCUT2D eigenvalue weighted by Gasteiger charge is 2.30. The summed E-state index contributed by atoms with van der Waals surface area (Å²) >= 11 is 0. The van der Waals surface area contributed by atoms with Gasteiger partial charge in [0.2, 0.25) is 0 Å². The Morgan fingerprint density at radius 3 is 2.08 bits per heavy atom. The molecule has 0 fully saturated rings. The van der Waals surface area contributed by atoms with Crippen molar-refractivity contribution in [2.45, 2.75) is 52.4 Å². The van der Waals surface area contributed by atoms with Crippen LogP contribution < -0.4 is 0 Å². The van der Waals surface area contributed by atoms with E-state index in [1.165, 1.54) is 0 Å². The largest absolute Gasteiger partial charge is 0.402 e. The molecule has 0 spiro atoms. The van der Waals surface area contributed by atoms with Gasteiger partial charge < -0.3 is 4.43 Å². The molecule has 0 heterocycles. The highest BCUT2D eigenvalue weighted by molar-refractivity contribution is 6.69. The quantitative estimate of drug-likeness (QED) is 0.497. The molecule has 0 saturated carbocycles. The van der Waals surface area contributed by atoms with Crippen molar-refractivity contribution in [1.82, 2.24) is 0 Å². The van der Waals surface area contributed by atoms with E-state index >= 15 is 0 Å². The van der Waals surface area contributed by atoms with Gasteiger partial charge in [0.1, 0.15) is 5.60 Å². The highest BCUT2D eigenvalue weighted by atomic mass is 28.4. The highest BCUT2D eigenvalue weighted by Crippen LogP contribution is 2.24. The average molecular weight is 198 g/mol. The van der Waals surface area contributed by atoms with Gasteiger partial charge in [-0.1, -0.05) is 19.8 Å². The second-order valence-corrected chi connectivity index (χ2v) is 9.62. The molecular formula is C11H22OSi. The molecule has 0 bridgehead atoms. The van der Waals surface area contributed by atoms with Gasteiger partial charge in [0, 0.05) is 0 Å². The van der Waals surface area contributed by atoms with E-state index in [1.54, 1.807) is 0 Å². The second kappa shape index (κ2) is 4.30. The fourth-order valence-electron chi connectivity index (χ4n) is 1.58. The lowest BCUT2D eigenvalue weighted by molar-refractivity contribution is 0.117. The molecule has 1 atom stereocenters. The lowest BCUT2D eigenvalue weighted by Gasteiger charge is -2.33. The standard InChI is InChI=1S/C11H22OSi/c1-8-11(4,9-10(2)3)12-13(5,6)7/h1,10H,9H2,2-7H3/t11-/m0/s1. The molecule has 0 aliphatic carbocycles. The van der Waals surface area contributed by atoms with E-state index in [0.29, 0.717) is 5.92 Å². The van der Waals surface area contributed by atoms with E-state index < -0.39 is 8.32 Å². The molecule has 0 amide bonds. The third kappa shape index (κ3) is 5.90. The monoisotopic (exact) mass is 198 g/mol. The van der Waals surface area contributed by atoms with Crippen LogP contribution in [0.4, 0.5) is 0 Å². The molecule has 0 aliphatic rings. The molecule has 0 aromatic carbocycles. The zero-order valence-electron chi connectivity index (χ0n) is 9.77. The van der Waals surface area contributed by atoms with Gasteiger partial charge >= 0.3 is 0 Å². The van der Waals surface area contributed by atoms with Crippen LogP contribution in [-0.4, -0.2) is 13.9 Å². The Labute approximate surface area is 84.0 Å². The van der Waals surface area contributed by atoms with Crippen LogP contribution in [0.2, 0.25) is 19.6 Å². The van der Waals surface area contributed by atoms with E-state index in [-0.39, 0.29) is 5.60 Å². The SMILES string of the molecule is C#C[C@@](C)(CC(C)C)O[Si](C)(C)C. The van der Waals surface area contributed by atoms with E-state index in [4.69, 9.17) is 10.8 Å². The summed E-state index contributed by atoms with van der Waals surface area (Å²) in [5, 5.41) is 0. The van der Waals surface area contributed by atoms with Crippen LogP contribution in [0.1, 0.15) is 27.2 Å². The van der Waals surface area contributed by atoms with E-state index in [9.17, 15) is 0 Å². The third-order valence-corrected chi connectivity index (χ3v) is 2.70. The van der Waals surface area contributed by atoms with Gasteiger partial charge in [0.25, 0.3) is 0 Å². The van der Waals surface area contributed by atoms with Gasteiger partial charge in [0.05, 0.1) is 0 Å². The molecule has 76 valence electrons. The first-order valence-electron chi connectivity index (χ1n) is 4.86. The van der Waals surface area contributed by atoms with Crippen molar-refractivity contribution >= 4 is 8.32 Å². The van der Waals surface area contributed by atoms with Crippen LogP contribution in [-0.2, 0) is 4.43 Å². The summed E-state index contributed by atoms with van der Waals surface area (Å²) < 4.78 is 5.99. The number of hydrogen-bond acceptors (Lipinski definition) is 1. The zero-order valence-corrected chi connectivity index (χ0v) is 10.8. The Balaban J connectivity index is 4.40. The third-order valence-electron chi connectivity index (χ3n) is 1.63. The lowest BCUT2D eigenvalue weighted by Crippen LogP contribution is -2.40. The molecule has 0 N–H and O–H groups in total. The minimum atomic E-state index is -1.52. The summed E-state index contributed by atoms with van der Waals surface area (Å²) in [5.41, 5.74) is -0.362. The van der Waals surface area contributed by atoms with E-state index in [1.807, 2.05) is 6.92 Å². The van der Waals surface area contributed by atoms with Gasteiger partial charge in [-0.15, -0.1) is 6.42 Å². The van der Waals surface area contributed by atoms with Gasteiger partial charge in [0.15, 0.2) is 8.32 Å². The Morgan fingerprint density at radius 1 is 1.38 bits per heavy atom. The van der Waals surface area contributed by atoms with Crippen molar-refractivity contribution in [3.8, 4) is 12.3 Å². The molecule has 0 aliphatic heterocycles. The molecule has 0 rings (SSSR count). The lowest BCUT2D eigenvalue weighted by atomic mass is 9.95. The van der Waals surface area contributed by atoms with Crippen LogP contribution in [0.25, 0.3) is 0 Å². The van der Waals surface area contributed by atoms with Gasteiger partial charge in [-0.25, -0.2) is 0 Å². The molecule has 0 radical (unpaired) electrons. The fourth-order valence-corrected chi connectivity index (χ4v) is 3.08. The van der Waals surface area contributed by atoms with Crippen molar-refractivity contribution in [1.29, 1.82) is 0 Å². The molecule has 0 aromatic rings. The first-order valence-corrected chi connectivity index (χ1v) is 8.27. The van der Waals surface area contributed by atoms with Crippen molar-refractivity contribution in [2.75, 3.05) is 0 Å². The molecule has 0 saturated heterocycles. The number of terminal acetylenes is 1. The Bertz CT molecular complexity index is 197. The van der Waals surface area contributed by atoms with Crippen molar-refractivity contribution < 1.29 is 4.43 Å². The maximum Gasteiger partial charge on any atom is 0.185 e. The molecular weight excluding hydrogens is 176 g/mol. The van der Waals surface area contributed by atoms with Crippen LogP contribution in [0.3, 0.4) is 0 Å². The molecule has 13 heavy (non-hydrogen) atoms. The smallest absolute Gasteiger partial charge is 0.185 e. The summed E-state index contributed by atoms with van der Waals surface area (Å²) in [6, 6.07) is 0. The van der Waals surface area contributed by atoms with Crippen LogP contribution in [0, 0.1) is 18.3 Å². The predicted molar refractivity (Wildman–Crippen MR) is 61.1 cm³/mol. The van der Waals surface area contributed by atoms with Crippen molar-refractivity contribution in [3.63, 3.8) is 0 Å². The first-order chi connectivity index (χ1) is 5.68. The number of rotatable bonds is 4. The van der Waals surface area contributed by atoms with Gasteiger partial charge in [-0.3, -0.25) is 0 Å². The normalized spacial score (nSPS) is 16.8. The van der Waals surface area contributed by atoms with Crippen molar-refractivity contribution in [3.05, 3.63) is 0 Å². The Hall–Kier alpha value is -0.263. The molecule has 0 aromatic heterocycles. The second-order valence-electron chi connectivity index (χ2n) is 5.19. The predicted octanol–water partition coefficient (Wildman–Crippen LogP) is 3.28. The average Bonchev–Trinajstić information content (AvgIpc) is 1.81. The summed E-state index contributed by atoms with van der Waals surface area (Å²) in [5.74, 6) is 3.36.